The summed E-state index contributed by atoms with van der Waals surface area (Å²) >= 11 is -0.629. The molecule has 0 N–H and O–H groups in total. The average Bonchev–Trinajstić information content (AvgIpc) is 2.68. The Balaban J connectivity index is 0.00000288. The zero-order chi connectivity index (χ0) is 17.4. The molecule has 0 aliphatic heterocycles. The van der Waals surface area contributed by atoms with E-state index in [-0.39, 0.29) is 30.2 Å². The molecule has 0 bridgehead atoms. The van der Waals surface area contributed by atoms with Crippen LogP contribution in [0, 0.1) is 5.92 Å². The van der Waals surface area contributed by atoms with E-state index in [2.05, 4.69) is 60.6 Å². The Morgan fingerprint density at radius 3 is 1.92 bits per heavy atom. The summed E-state index contributed by atoms with van der Waals surface area (Å²) in [6.45, 7) is 15.6. The first-order valence-corrected chi connectivity index (χ1v) is 9.58. The van der Waals surface area contributed by atoms with Crippen LogP contribution in [0.15, 0.2) is 38.8 Å². The van der Waals surface area contributed by atoms with Crippen LogP contribution in [0.2, 0.25) is 0 Å². The van der Waals surface area contributed by atoms with Gasteiger partial charge in [0.15, 0.2) is 0 Å². The van der Waals surface area contributed by atoms with Crippen molar-refractivity contribution in [2.45, 2.75) is 53.9 Å². The van der Waals surface area contributed by atoms with Gasteiger partial charge in [-0.15, -0.1) is 24.8 Å². The van der Waals surface area contributed by atoms with Crippen molar-refractivity contribution in [2.75, 3.05) is 7.11 Å². The zero-order valence-corrected chi connectivity index (χ0v) is 19.6. The zero-order valence-electron chi connectivity index (χ0n) is 16.4. The monoisotopic (exact) mass is 420 g/mol. The van der Waals surface area contributed by atoms with E-state index in [0.29, 0.717) is 5.92 Å². The molecule has 0 amide bonds. The Kier molecular flexibility index (Phi) is 9.35. The SMILES string of the molecule is COc1cc([O][Ti][C]2=C(C)C(C)=C(C)C2C)cc(C(C)(C)C)c1.Cl.Cl. The van der Waals surface area contributed by atoms with Gasteiger partial charge in [-0.2, -0.15) is 0 Å². The van der Waals surface area contributed by atoms with Gasteiger partial charge in [0.25, 0.3) is 0 Å². The number of halogens is 2. The predicted molar refractivity (Wildman–Crippen MR) is 107 cm³/mol. The summed E-state index contributed by atoms with van der Waals surface area (Å²) in [5, 5.41) is 0. The predicted octanol–water partition coefficient (Wildman–Crippen LogP) is 6.47. The molecule has 0 heterocycles. The molecule has 2 nitrogen and oxygen atoms in total. The second kappa shape index (κ2) is 9.51. The largest absolute Gasteiger partial charge is 0.147 e. The molecule has 1 aliphatic carbocycles. The second-order valence-corrected chi connectivity index (χ2v) is 8.90. The number of methoxy groups -OCH3 is 1. The van der Waals surface area contributed by atoms with Crippen LogP contribution in [0.25, 0.3) is 0 Å². The Morgan fingerprint density at radius 1 is 0.920 bits per heavy atom. The summed E-state index contributed by atoms with van der Waals surface area (Å²) in [5.74, 6) is 2.33. The van der Waals surface area contributed by atoms with Crippen LogP contribution >= 0.6 is 24.8 Å². The fourth-order valence-electron chi connectivity index (χ4n) is 2.82. The van der Waals surface area contributed by atoms with Crippen molar-refractivity contribution in [3.8, 4) is 11.5 Å². The third kappa shape index (κ3) is 5.53. The van der Waals surface area contributed by atoms with E-state index < -0.39 is 19.5 Å². The maximum absolute atomic E-state index is 6.27. The normalized spacial score (nSPS) is 17.0. The summed E-state index contributed by atoms with van der Waals surface area (Å²) in [5.41, 5.74) is 5.70. The third-order valence-corrected chi connectivity index (χ3v) is 7.03. The number of benzene rings is 1. The van der Waals surface area contributed by atoms with Crippen LogP contribution in [-0.2, 0) is 25.0 Å². The smallest absolute Gasteiger partial charge is 0.147 e. The first-order valence-electron chi connectivity index (χ1n) is 8.16. The van der Waals surface area contributed by atoms with E-state index in [9.17, 15) is 0 Å². The van der Waals surface area contributed by atoms with Crippen LogP contribution in [0.4, 0.5) is 0 Å². The molecule has 1 aliphatic rings. The van der Waals surface area contributed by atoms with Crippen LogP contribution < -0.4 is 8.06 Å². The topological polar surface area (TPSA) is 18.5 Å². The molecule has 0 fully saturated rings. The molecule has 1 aromatic rings. The van der Waals surface area contributed by atoms with Crippen molar-refractivity contribution in [2.24, 2.45) is 5.92 Å². The number of ether oxygens (including phenoxy) is 1. The number of allylic oxidation sites excluding steroid dienone is 4. The molecule has 1 aromatic carbocycles. The maximum atomic E-state index is 6.27. The fraction of sp³-hybridized carbons (Fsp3) is 0.500. The summed E-state index contributed by atoms with van der Waals surface area (Å²) in [4.78, 5) is 0. The van der Waals surface area contributed by atoms with E-state index in [1.807, 2.05) is 6.07 Å². The fourth-order valence-corrected chi connectivity index (χ4v) is 4.51. The van der Waals surface area contributed by atoms with Gasteiger partial charge in [-0.25, -0.2) is 0 Å². The van der Waals surface area contributed by atoms with E-state index >= 15 is 0 Å². The van der Waals surface area contributed by atoms with Crippen LogP contribution in [0.3, 0.4) is 0 Å². The minimum absolute atomic E-state index is 0. The molecule has 0 spiro atoms. The van der Waals surface area contributed by atoms with Gasteiger partial charge in [0, 0.05) is 0 Å². The van der Waals surface area contributed by atoms with Gasteiger partial charge in [-0.3, -0.25) is 0 Å². The summed E-state index contributed by atoms with van der Waals surface area (Å²) < 4.78 is 13.2. The maximum Gasteiger partial charge on any atom is -0.147 e. The van der Waals surface area contributed by atoms with E-state index in [0.717, 1.165) is 11.5 Å². The molecule has 1 unspecified atom stereocenters. The molecular weight excluding hydrogens is 391 g/mol. The Hall–Kier alpha value is -0.406. The second-order valence-electron chi connectivity index (χ2n) is 7.42. The van der Waals surface area contributed by atoms with Gasteiger partial charge < -0.3 is 0 Å². The first kappa shape index (κ1) is 24.6. The van der Waals surface area contributed by atoms with Gasteiger partial charge in [0.2, 0.25) is 0 Å². The van der Waals surface area contributed by atoms with Crippen molar-refractivity contribution in [3.63, 3.8) is 0 Å². The van der Waals surface area contributed by atoms with Crippen molar-refractivity contribution < 1.29 is 27.6 Å². The molecule has 2 rings (SSSR count). The van der Waals surface area contributed by atoms with Crippen molar-refractivity contribution in [3.05, 3.63) is 44.4 Å². The minimum atomic E-state index is -0.629. The van der Waals surface area contributed by atoms with Crippen LogP contribution in [0.1, 0.15) is 54.0 Å². The van der Waals surface area contributed by atoms with Crippen molar-refractivity contribution >= 4 is 24.8 Å². The quantitative estimate of drug-likeness (QED) is 0.519. The Labute approximate surface area is 174 Å². The molecular formula is C20H30Cl2O2Ti. The molecule has 0 saturated carbocycles. The van der Waals surface area contributed by atoms with Gasteiger partial charge in [0.05, 0.1) is 0 Å². The standard InChI is InChI=1S/C11H16O2.C9H13.2ClH.Ti/c1-11(2,3)8-5-9(12)7-10(6-8)13-4;1-6-5-7(2)9(4)8(6)3;;;/h5-7,12H,1-4H3;6H,1-4H3;2*1H;/q;;;;+1/p-1. The van der Waals surface area contributed by atoms with E-state index in [1.165, 1.54) is 26.2 Å². The first-order chi connectivity index (χ1) is 10.6. The number of hydrogen-bond acceptors (Lipinski definition) is 2. The molecule has 0 aromatic heterocycles. The van der Waals surface area contributed by atoms with Gasteiger partial charge in [-0.05, 0) is 0 Å². The molecule has 1 atom stereocenters. The van der Waals surface area contributed by atoms with E-state index in [1.54, 1.807) is 7.11 Å². The van der Waals surface area contributed by atoms with Crippen LogP contribution in [0.5, 0.6) is 11.5 Å². The molecule has 5 heteroatoms. The molecule has 140 valence electrons. The van der Waals surface area contributed by atoms with Gasteiger partial charge in [0.1, 0.15) is 0 Å². The average molecular weight is 421 g/mol. The van der Waals surface area contributed by atoms with Crippen molar-refractivity contribution in [1.82, 2.24) is 0 Å². The number of hydrogen-bond donors (Lipinski definition) is 0. The molecule has 0 radical (unpaired) electrons. The molecule has 0 saturated heterocycles. The Bertz CT molecular complexity index is 673. The summed E-state index contributed by atoms with van der Waals surface area (Å²) in [6, 6.07) is 6.27. The van der Waals surface area contributed by atoms with E-state index in [4.69, 9.17) is 8.06 Å². The van der Waals surface area contributed by atoms with Gasteiger partial charge in [-0.1, -0.05) is 0 Å². The Morgan fingerprint density at radius 2 is 1.48 bits per heavy atom. The number of rotatable bonds is 4. The minimum Gasteiger partial charge on any atom is -0.147 e. The van der Waals surface area contributed by atoms with Gasteiger partial charge >= 0.3 is 150 Å². The molecule has 25 heavy (non-hydrogen) atoms. The summed E-state index contributed by atoms with van der Waals surface area (Å²) in [7, 11) is 1.71. The summed E-state index contributed by atoms with van der Waals surface area (Å²) in [6.07, 6.45) is 0. The van der Waals surface area contributed by atoms with Crippen LogP contribution in [-0.4, -0.2) is 7.11 Å². The third-order valence-electron chi connectivity index (χ3n) is 4.90. The van der Waals surface area contributed by atoms with Crippen molar-refractivity contribution in [1.29, 1.82) is 0 Å².